The van der Waals surface area contributed by atoms with Gasteiger partial charge in [-0.05, 0) is 30.5 Å². The maximum Gasteiger partial charge on any atom is 0.270 e. The average Bonchev–Trinajstić information content (AvgIpc) is 3.38. The first-order valence-corrected chi connectivity index (χ1v) is 9.55. The van der Waals surface area contributed by atoms with Gasteiger partial charge in [0.25, 0.3) is 11.8 Å². The molecule has 146 valence electrons. The van der Waals surface area contributed by atoms with E-state index in [0.717, 1.165) is 24.1 Å². The highest BCUT2D eigenvalue weighted by Crippen LogP contribution is 2.27. The number of likely N-dealkylation sites (tertiary alicyclic amines) is 1. The second kappa shape index (κ2) is 8.39. The van der Waals surface area contributed by atoms with Crippen LogP contribution in [0.5, 0.6) is 0 Å². The molecule has 7 nitrogen and oxygen atoms in total. The number of carbonyl (C=O) groups excluding carboxylic acids is 1. The van der Waals surface area contributed by atoms with Crippen molar-refractivity contribution in [3.63, 3.8) is 0 Å². The summed E-state index contributed by atoms with van der Waals surface area (Å²) in [6.45, 7) is 2.21. The number of ether oxygens (including phenoxy) is 1. The van der Waals surface area contributed by atoms with E-state index in [0.29, 0.717) is 38.0 Å². The largest absolute Gasteiger partial charge is 0.367 e. The Balaban J connectivity index is 1.27. The smallest absolute Gasteiger partial charge is 0.270 e. The molecular formula is C21H24N4O3. The zero-order chi connectivity index (χ0) is 19.3. The lowest BCUT2D eigenvalue weighted by Crippen LogP contribution is -2.38. The molecule has 0 bridgehead atoms. The summed E-state index contributed by atoms with van der Waals surface area (Å²) in [6.07, 6.45) is 3.56. The van der Waals surface area contributed by atoms with E-state index < -0.39 is 0 Å². The molecule has 0 unspecified atom stereocenters. The summed E-state index contributed by atoms with van der Waals surface area (Å²) in [5.74, 6) is 1.50. The van der Waals surface area contributed by atoms with Crippen molar-refractivity contribution in [3.05, 3.63) is 71.6 Å². The van der Waals surface area contributed by atoms with Crippen molar-refractivity contribution in [3.8, 4) is 0 Å². The second-order valence-electron chi connectivity index (χ2n) is 7.10. The highest BCUT2D eigenvalue weighted by atomic mass is 16.5. The lowest BCUT2D eigenvalue weighted by Gasteiger charge is -2.30. The van der Waals surface area contributed by atoms with Gasteiger partial charge in [0.05, 0.1) is 6.61 Å². The third-order valence-corrected chi connectivity index (χ3v) is 5.13. The second-order valence-corrected chi connectivity index (χ2v) is 7.10. The number of piperidine rings is 1. The Bertz CT molecular complexity index is 911. The highest BCUT2D eigenvalue weighted by Gasteiger charge is 2.28. The molecule has 28 heavy (non-hydrogen) atoms. The predicted octanol–water partition coefficient (Wildman–Crippen LogP) is 3.14. The number of carbonyl (C=O) groups is 1. The fourth-order valence-corrected chi connectivity index (χ4v) is 3.51. The third-order valence-electron chi connectivity index (χ3n) is 5.13. The number of benzene rings is 1. The molecule has 1 amide bonds. The van der Waals surface area contributed by atoms with Crippen molar-refractivity contribution in [2.24, 2.45) is 7.05 Å². The molecule has 1 aliphatic rings. The van der Waals surface area contributed by atoms with E-state index in [-0.39, 0.29) is 11.8 Å². The molecule has 3 heterocycles. The minimum atomic E-state index is 0.0778. The Hall–Kier alpha value is -2.93. The molecule has 1 saturated heterocycles. The van der Waals surface area contributed by atoms with E-state index in [2.05, 4.69) is 10.1 Å². The van der Waals surface area contributed by atoms with Gasteiger partial charge < -0.3 is 18.7 Å². The fourth-order valence-electron chi connectivity index (χ4n) is 3.51. The molecule has 4 rings (SSSR count). The third kappa shape index (κ3) is 4.14. The van der Waals surface area contributed by atoms with Gasteiger partial charge in [-0.3, -0.25) is 4.79 Å². The van der Waals surface area contributed by atoms with Crippen LogP contribution in [-0.2, 0) is 25.0 Å². The monoisotopic (exact) mass is 380 g/mol. The lowest BCUT2D eigenvalue weighted by molar-refractivity contribution is 0.0701. The van der Waals surface area contributed by atoms with Crippen molar-refractivity contribution in [1.29, 1.82) is 0 Å². The quantitative estimate of drug-likeness (QED) is 0.657. The molecule has 0 atom stereocenters. The molecule has 0 radical (unpaired) electrons. The SMILES string of the molecule is Cn1cccc1C(=O)N1CCC(c2noc(COCc3ccccc3)n2)CC1. The standard InChI is InChI=1S/C21H24N4O3/c1-24-11-5-8-18(24)21(26)25-12-9-17(10-13-25)20-22-19(28-23-20)15-27-14-16-6-3-2-4-7-16/h2-8,11,17H,9-10,12-15H2,1H3. The normalized spacial score (nSPS) is 15.1. The molecule has 3 aromatic rings. The van der Waals surface area contributed by atoms with Gasteiger partial charge in [-0.1, -0.05) is 35.5 Å². The van der Waals surface area contributed by atoms with Gasteiger partial charge in [0.15, 0.2) is 5.82 Å². The van der Waals surface area contributed by atoms with Crippen LogP contribution >= 0.6 is 0 Å². The van der Waals surface area contributed by atoms with E-state index in [1.165, 1.54) is 0 Å². The first kappa shape index (κ1) is 18.4. The predicted molar refractivity (Wildman–Crippen MR) is 103 cm³/mol. The number of rotatable bonds is 6. The zero-order valence-corrected chi connectivity index (χ0v) is 16.0. The number of amides is 1. The van der Waals surface area contributed by atoms with Crippen LogP contribution < -0.4 is 0 Å². The van der Waals surface area contributed by atoms with Crippen molar-refractivity contribution >= 4 is 5.91 Å². The van der Waals surface area contributed by atoms with Crippen molar-refractivity contribution in [1.82, 2.24) is 19.6 Å². The summed E-state index contributed by atoms with van der Waals surface area (Å²) in [5, 5.41) is 4.13. The number of nitrogens with zero attached hydrogens (tertiary/aromatic N) is 4. The molecule has 0 saturated carbocycles. The summed E-state index contributed by atoms with van der Waals surface area (Å²) in [4.78, 5) is 19.0. The Morgan fingerprint density at radius 1 is 1.14 bits per heavy atom. The Morgan fingerprint density at radius 2 is 1.93 bits per heavy atom. The van der Waals surface area contributed by atoms with E-state index >= 15 is 0 Å². The molecule has 7 heteroatoms. The molecular weight excluding hydrogens is 356 g/mol. The van der Waals surface area contributed by atoms with E-state index in [4.69, 9.17) is 9.26 Å². The Morgan fingerprint density at radius 3 is 2.64 bits per heavy atom. The zero-order valence-electron chi connectivity index (χ0n) is 16.0. The van der Waals surface area contributed by atoms with E-state index in [9.17, 15) is 4.79 Å². The highest BCUT2D eigenvalue weighted by molar-refractivity contribution is 5.92. The molecule has 0 aliphatic carbocycles. The molecule has 2 aromatic heterocycles. The maximum atomic E-state index is 12.6. The van der Waals surface area contributed by atoms with Crippen LogP contribution in [0.3, 0.4) is 0 Å². The van der Waals surface area contributed by atoms with Crippen molar-refractivity contribution in [2.75, 3.05) is 13.1 Å². The van der Waals surface area contributed by atoms with Gasteiger partial charge in [-0.2, -0.15) is 4.98 Å². The number of hydrogen-bond donors (Lipinski definition) is 0. The minimum Gasteiger partial charge on any atom is -0.367 e. The van der Waals surface area contributed by atoms with E-state index in [1.54, 1.807) is 0 Å². The molecule has 1 aliphatic heterocycles. The van der Waals surface area contributed by atoms with Gasteiger partial charge >= 0.3 is 0 Å². The summed E-state index contributed by atoms with van der Waals surface area (Å²) in [6, 6.07) is 13.7. The summed E-state index contributed by atoms with van der Waals surface area (Å²) in [5.41, 5.74) is 1.83. The van der Waals surface area contributed by atoms with Crippen LogP contribution in [0, 0.1) is 0 Å². The van der Waals surface area contributed by atoms with E-state index in [1.807, 2.05) is 65.2 Å². The topological polar surface area (TPSA) is 73.4 Å². The average molecular weight is 380 g/mol. The molecule has 0 spiro atoms. The van der Waals surface area contributed by atoms with Crippen LogP contribution in [0.25, 0.3) is 0 Å². The Kier molecular flexibility index (Phi) is 5.53. The molecule has 0 N–H and O–H groups in total. The summed E-state index contributed by atoms with van der Waals surface area (Å²) in [7, 11) is 1.89. The number of aryl methyl sites for hydroxylation is 1. The van der Waals surface area contributed by atoms with Crippen LogP contribution in [-0.4, -0.2) is 38.6 Å². The van der Waals surface area contributed by atoms with Gasteiger partial charge in [-0.25, -0.2) is 0 Å². The van der Waals surface area contributed by atoms with Crippen LogP contribution in [0.15, 0.2) is 53.2 Å². The lowest BCUT2D eigenvalue weighted by atomic mass is 9.96. The van der Waals surface area contributed by atoms with Crippen molar-refractivity contribution in [2.45, 2.75) is 32.0 Å². The molecule has 1 fully saturated rings. The first-order chi connectivity index (χ1) is 13.7. The summed E-state index contributed by atoms with van der Waals surface area (Å²) >= 11 is 0. The van der Waals surface area contributed by atoms with Crippen LogP contribution in [0.1, 0.15) is 46.5 Å². The van der Waals surface area contributed by atoms with Gasteiger partial charge in [0.2, 0.25) is 0 Å². The maximum absolute atomic E-state index is 12.6. The minimum absolute atomic E-state index is 0.0778. The van der Waals surface area contributed by atoms with Crippen molar-refractivity contribution < 1.29 is 14.1 Å². The first-order valence-electron chi connectivity index (χ1n) is 9.55. The van der Waals surface area contributed by atoms with Crippen LogP contribution in [0.4, 0.5) is 0 Å². The van der Waals surface area contributed by atoms with Gasteiger partial charge in [-0.15, -0.1) is 0 Å². The number of aromatic nitrogens is 3. The molecule has 1 aromatic carbocycles. The van der Waals surface area contributed by atoms with Gasteiger partial charge in [0, 0.05) is 32.3 Å². The number of hydrogen-bond acceptors (Lipinski definition) is 5. The fraction of sp³-hybridized carbons (Fsp3) is 0.381. The van der Waals surface area contributed by atoms with Crippen LogP contribution in [0.2, 0.25) is 0 Å². The Labute approximate surface area is 163 Å². The summed E-state index contributed by atoms with van der Waals surface area (Å²) < 4.78 is 12.8. The van der Waals surface area contributed by atoms with Gasteiger partial charge in [0.1, 0.15) is 12.3 Å².